The highest BCUT2D eigenvalue weighted by Gasteiger charge is 2.32. The van der Waals surface area contributed by atoms with Crippen molar-refractivity contribution in [1.29, 1.82) is 0 Å². The van der Waals surface area contributed by atoms with Gasteiger partial charge in [0.05, 0.1) is 18.8 Å². The molecule has 1 aliphatic carbocycles. The number of amides is 1. The third-order valence-corrected chi connectivity index (χ3v) is 4.61. The quantitative estimate of drug-likeness (QED) is 0.644. The first-order valence-corrected chi connectivity index (χ1v) is 9.59. The Kier molecular flexibility index (Phi) is 4.69. The van der Waals surface area contributed by atoms with Crippen LogP contribution in [-0.4, -0.2) is 33.7 Å². The zero-order chi connectivity index (χ0) is 17.2. The van der Waals surface area contributed by atoms with E-state index in [4.69, 9.17) is 0 Å². The number of rotatable bonds is 6. The van der Waals surface area contributed by atoms with Crippen LogP contribution in [0.5, 0.6) is 0 Å². The van der Waals surface area contributed by atoms with Crippen molar-refractivity contribution in [3.8, 4) is 11.1 Å². The molecule has 1 N–H and O–H groups in total. The zero-order valence-electron chi connectivity index (χ0n) is 13.4. The first kappa shape index (κ1) is 16.7. The Morgan fingerprint density at radius 3 is 2.12 bits per heavy atom. The zero-order valence-corrected chi connectivity index (χ0v) is 14.2. The highest BCUT2D eigenvalue weighted by atomic mass is 32.2. The van der Waals surface area contributed by atoms with Crippen LogP contribution in [-0.2, 0) is 19.1 Å². The van der Waals surface area contributed by atoms with Crippen molar-refractivity contribution in [1.82, 2.24) is 5.32 Å². The summed E-state index contributed by atoms with van der Waals surface area (Å²) in [7, 11) is -3.43. The van der Waals surface area contributed by atoms with E-state index in [1.807, 2.05) is 48.5 Å². The number of hydrogen-bond acceptors (Lipinski definition) is 4. The SMILES string of the molecule is CS(=O)(=O)OCCCNC(=O)C1c2ccccc2-c2ccccc21. The predicted molar refractivity (Wildman–Crippen MR) is 92.1 cm³/mol. The van der Waals surface area contributed by atoms with Gasteiger partial charge in [0.1, 0.15) is 0 Å². The minimum Gasteiger partial charge on any atom is -0.355 e. The minimum absolute atomic E-state index is 0.0664. The Hall–Kier alpha value is -2.18. The van der Waals surface area contributed by atoms with Crippen molar-refractivity contribution < 1.29 is 17.4 Å². The van der Waals surface area contributed by atoms with Crippen LogP contribution < -0.4 is 5.32 Å². The first-order valence-electron chi connectivity index (χ1n) is 7.78. The standard InChI is InChI=1S/C18H19NO4S/c1-24(21,22)23-12-6-11-19-18(20)17-15-9-4-2-7-13(15)14-8-3-5-10-16(14)17/h2-5,7-10,17H,6,11-12H2,1H3,(H,19,20). The van der Waals surface area contributed by atoms with E-state index in [2.05, 4.69) is 9.50 Å². The van der Waals surface area contributed by atoms with Crippen molar-refractivity contribution in [3.05, 3.63) is 59.7 Å². The molecule has 1 aliphatic rings. The van der Waals surface area contributed by atoms with Gasteiger partial charge in [-0.15, -0.1) is 0 Å². The largest absolute Gasteiger partial charge is 0.355 e. The molecule has 0 radical (unpaired) electrons. The molecule has 0 aromatic heterocycles. The molecule has 5 nitrogen and oxygen atoms in total. The summed E-state index contributed by atoms with van der Waals surface area (Å²) in [5.74, 6) is -0.403. The Bertz CT molecular complexity index is 815. The van der Waals surface area contributed by atoms with Gasteiger partial charge in [0.2, 0.25) is 5.91 Å². The highest BCUT2D eigenvalue weighted by Crippen LogP contribution is 2.44. The van der Waals surface area contributed by atoms with E-state index in [0.717, 1.165) is 28.5 Å². The molecule has 24 heavy (non-hydrogen) atoms. The number of carbonyl (C=O) groups is 1. The van der Waals surface area contributed by atoms with Crippen molar-refractivity contribution in [2.45, 2.75) is 12.3 Å². The second-order valence-corrected chi connectivity index (χ2v) is 7.42. The van der Waals surface area contributed by atoms with E-state index in [0.29, 0.717) is 13.0 Å². The molecule has 126 valence electrons. The van der Waals surface area contributed by atoms with E-state index in [9.17, 15) is 13.2 Å². The van der Waals surface area contributed by atoms with Gasteiger partial charge in [-0.3, -0.25) is 8.98 Å². The monoisotopic (exact) mass is 345 g/mol. The number of hydrogen-bond donors (Lipinski definition) is 1. The maximum Gasteiger partial charge on any atom is 0.264 e. The average molecular weight is 345 g/mol. The van der Waals surface area contributed by atoms with Crippen LogP contribution in [0, 0.1) is 0 Å². The van der Waals surface area contributed by atoms with Gasteiger partial charge >= 0.3 is 0 Å². The van der Waals surface area contributed by atoms with Crippen LogP contribution in [0.1, 0.15) is 23.5 Å². The van der Waals surface area contributed by atoms with Crippen molar-refractivity contribution in [3.63, 3.8) is 0 Å². The number of benzene rings is 2. The van der Waals surface area contributed by atoms with Gasteiger partial charge in [-0.1, -0.05) is 48.5 Å². The maximum absolute atomic E-state index is 12.7. The van der Waals surface area contributed by atoms with Crippen LogP contribution in [0.25, 0.3) is 11.1 Å². The molecule has 0 fully saturated rings. The average Bonchev–Trinajstić information content (AvgIpc) is 2.88. The Morgan fingerprint density at radius 1 is 1.04 bits per heavy atom. The second-order valence-electron chi connectivity index (χ2n) is 5.78. The topological polar surface area (TPSA) is 72.5 Å². The Morgan fingerprint density at radius 2 is 1.58 bits per heavy atom. The summed E-state index contributed by atoms with van der Waals surface area (Å²) in [6, 6.07) is 15.8. The lowest BCUT2D eigenvalue weighted by atomic mass is 9.96. The molecule has 2 aromatic carbocycles. The molecule has 0 bridgehead atoms. The van der Waals surface area contributed by atoms with Crippen LogP contribution >= 0.6 is 0 Å². The summed E-state index contributed by atoms with van der Waals surface area (Å²) in [6.45, 7) is 0.437. The van der Waals surface area contributed by atoms with Gasteiger partial charge in [-0.2, -0.15) is 8.42 Å². The van der Waals surface area contributed by atoms with Gasteiger partial charge in [0.15, 0.2) is 0 Å². The number of fused-ring (bicyclic) bond motifs is 3. The summed E-state index contributed by atoms with van der Waals surface area (Å²) in [5.41, 5.74) is 4.19. The molecule has 0 unspecified atom stereocenters. The summed E-state index contributed by atoms with van der Waals surface area (Å²) < 4.78 is 26.5. The third-order valence-electron chi connectivity index (χ3n) is 4.01. The second kappa shape index (κ2) is 6.75. The van der Waals surface area contributed by atoms with Crippen LogP contribution in [0.3, 0.4) is 0 Å². The Balaban J connectivity index is 1.69. The smallest absolute Gasteiger partial charge is 0.264 e. The fourth-order valence-electron chi connectivity index (χ4n) is 3.03. The highest BCUT2D eigenvalue weighted by molar-refractivity contribution is 7.85. The van der Waals surface area contributed by atoms with Crippen molar-refractivity contribution >= 4 is 16.0 Å². The lowest BCUT2D eigenvalue weighted by molar-refractivity contribution is -0.121. The van der Waals surface area contributed by atoms with Gasteiger partial charge in [-0.25, -0.2) is 0 Å². The molecule has 0 heterocycles. The van der Waals surface area contributed by atoms with Gasteiger partial charge < -0.3 is 5.32 Å². The molecule has 1 amide bonds. The van der Waals surface area contributed by atoms with Crippen LogP contribution in [0.15, 0.2) is 48.5 Å². The van der Waals surface area contributed by atoms with Gasteiger partial charge in [-0.05, 0) is 28.7 Å². The molecule has 2 aromatic rings. The van der Waals surface area contributed by atoms with E-state index in [1.54, 1.807) is 0 Å². The summed E-state index contributed by atoms with van der Waals surface area (Å²) in [4.78, 5) is 12.7. The van der Waals surface area contributed by atoms with Crippen LogP contribution in [0.2, 0.25) is 0 Å². The lowest BCUT2D eigenvalue weighted by Crippen LogP contribution is -2.30. The van der Waals surface area contributed by atoms with Gasteiger partial charge in [0.25, 0.3) is 10.1 Å². The number of nitrogens with one attached hydrogen (secondary N) is 1. The Labute approximate surface area is 141 Å². The predicted octanol–water partition coefficient (Wildman–Crippen LogP) is 2.28. The lowest BCUT2D eigenvalue weighted by Gasteiger charge is -2.14. The minimum atomic E-state index is -3.43. The molecule has 0 atom stereocenters. The normalized spacial score (nSPS) is 13.4. The molecule has 6 heteroatoms. The van der Waals surface area contributed by atoms with Crippen LogP contribution in [0.4, 0.5) is 0 Å². The molecular weight excluding hydrogens is 326 g/mol. The van der Waals surface area contributed by atoms with Gasteiger partial charge in [0, 0.05) is 6.54 Å². The van der Waals surface area contributed by atoms with E-state index in [-0.39, 0.29) is 18.4 Å². The summed E-state index contributed by atoms with van der Waals surface area (Å²) in [6.07, 6.45) is 1.45. The summed E-state index contributed by atoms with van der Waals surface area (Å²) >= 11 is 0. The van der Waals surface area contributed by atoms with E-state index in [1.165, 1.54) is 0 Å². The molecule has 0 saturated heterocycles. The fourth-order valence-corrected chi connectivity index (χ4v) is 3.45. The maximum atomic E-state index is 12.7. The van der Waals surface area contributed by atoms with E-state index >= 15 is 0 Å². The molecule has 0 saturated carbocycles. The molecular formula is C18H19NO4S. The van der Waals surface area contributed by atoms with E-state index < -0.39 is 10.1 Å². The molecule has 0 aliphatic heterocycles. The first-order chi connectivity index (χ1) is 11.5. The summed E-state index contributed by atoms with van der Waals surface area (Å²) in [5, 5.41) is 2.88. The molecule has 0 spiro atoms. The number of carbonyl (C=O) groups excluding carboxylic acids is 1. The molecule has 3 rings (SSSR count). The van der Waals surface area contributed by atoms with Crippen molar-refractivity contribution in [2.75, 3.05) is 19.4 Å². The van der Waals surface area contributed by atoms with Crippen molar-refractivity contribution in [2.24, 2.45) is 0 Å². The third kappa shape index (κ3) is 3.49. The fraction of sp³-hybridized carbons (Fsp3) is 0.278.